The Balaban J connectivity index is 2.48. The van der Waals surface area contributed by atoms with E-state index in [4.69, 9.17) is 0 Å². The highest BCUT2D eigenvalue weighted by atomic mass is 79.9. The number of nitrogens with zero attached hydrogens (tertiary/aromatic N) is 1. The molecule has 0 aliphatic carbocycles. The van der Waals surface area contributed by atoms with Gasteiger partial charge in [-0.15, -0.1) is 0 Å². The van der Waals surface area contributed by atoms with Gasteiger partial charge in [-0.05, 0) is 31.1 Å². The molecule has 1 aliphatic rings. The van der Waals surface area contributed by atoms with Gasteiger partial charge < -0.3 is 10.2 Å². The summed E-state index contributed by atoms with van der Waals surface area (Å²) in [6.07, 6.45) is 7.31. The lowest BCUT2D eigenvalue weighted by Crippen LogP contribution is -2.47. The fourth-order valence-electron chi connectivity index (χ4n) is 3.52. The summed E-state index contributed by atoms with van der Waals surface area (Å²) in [6.45, 7) is 9.63. The quantitative estimate of drug-likeness (QED) is 0.681. The maximum Gasteiger partial charge on any atom is 0.217 e. The fourth-order valence-corrected chi connectivity index (χ4v) is 4.25. The molecule has 0 aromatic heterocycles. The minimum absolute atomic E-state index is 0.107. The second kappa shape index (κ2) is 9.04. The SMILES string of the molecule is CCCC(CBr)(CCC)CN1CCC(NC(C)=O)CC1. The van der Waals surface area contributed by atoms with Crippen LogP contribution in [0.3, 0.4) is 0 Å². The van der Waals surface area contributed by atoms with Crippen molar-refractivity contribution in [3.05, 3.63) is 0 Å². The molecule has 0 saturated carbocycles. The van der Waals surface area contributed by atoms with Crippen LogP contribution < -0.4 is 5.32 Å². The van der Waals surface area contributed by atoms with Gasteiger partial charge >= 0.3 is 0 Å². The highest BCUT2D eigenvalue weighted by Gasteiger charge is 2.31. The van der Waals surface area contributed by atoms with Gasteiger partial charge in [0.25, 0.3) is 0 Å². The van der Waals surface area contributed by atoms with E-state index in [1.54, 1.807) is 6.92 Å². The third-order valence-electron chi connectivity index (χ3n) is 4.40. The number of piperidine rings is 1. The van der Waals surface area contributed by atoms with Crippen molar-refractivity contribution >= 4 is 21.8 Å². The zero-order chi connectivity index (χ0) is 15.0. The number of hydrogen-bond acceptors (Lipinski definition) is 2. The van der Waals surface area contributed by atoms with Crippen LogP contribution in [-0.4, -0.2) is 41.8 Å². The molecule has 0 bridgehead atoms. The Morgan fingerprint density at radius 2 is 1.80 bits per heavy atom. The molecular weight excluding hydrogens is 316 g/mol. The highest BCUT2D eigenvalue weighted by Crippen LogP contribution is 2.34. The summed E-state index contributed by atoms with van der Waals surface area (Å²) >= 11 is 3.76. The molecule has 20 heavy (non-hydrogen) atoms. The van der Waals surface area contributed by atoms with Gasteiger partial charge in [0.05, 0.1) is 0 Å². The summed E-state index contributed by atoms with van der Waals surface area (Å²) in [5.74, 6) is 0.107. The van der Waals surface area contributed by atoms with Crippen molar-refractivity contribution in [2.45, 2.75) is 65.3 Å². The maximum absolute atomic E-state index is 11.1. The number of hydrogen-bond donors (Lipinski definition) is 1. The van der Waals surface area contributed by atoms with Crippen molar-refractivity contribution < 1.29 is 4.79 Å². The predicted molar refractivity (Wildman–Crippen MR) is 89.3 cm³/mol. The van der Waals surface area contributed by atoms with Gasteiger partial charge in [0.15, 0.2) is 0 Å². The van der Waals surface area contributed by atoms with E-state index in [0.717, 1.165) is 31.3 Å². The molecule has 1 fully saturated rings. The molecule has 1 rings (SSSR count). The first-order valence-electron chi connectivity index (χ1n) is 8.10. The molecule has 1 amide bonds. The number of likely N-dealkylation sites (tertiary alicyclic amines) is 1. The Hall–Kier alpha value is -0.0900. The van der Waals surface area contributed by atoms with E-state index >= 15 is 0 Å². The molecule has 1 N–H and O–H groups in total. The van der Waals surface area contributed by atoms with Crippen LogP contribution in [-0.2, 0) is 4.79 Å². The first-order chi connectivity index (χ1) is 9.55. The zero-order valence-corrected chi connectivity index (χ0v) is 15.0. The molecule has 0 unspecified atom stereocenters. The number of carbonyl (C=O) groups is 1. The van der Waals surface area contributed by atoms with Gasteiger partial charge in [-0.2, -0.15) is 0 Å². The van der Waals surface area contributed by atoms with Crippen molar-refractivity contribution in [1.29, 1.82) is 0 Å². The lowest BCUT2D eigenvalue weighted by atomic mass is 9.80. The van der Waals surface area contributed by atoms with Crippen LogP contribution in [0.5, 0.6) is 0 Å². The van der Waals surface area contributed by atoms with Crippen LogP contribution in [0, 0.1) is 5.41 Å². The topological polar surface area (TPSA) is 32.3 Å². The molecule has 0 radical (unpaired) electrons. The van der Waals surface area contributed by atoms with Crippen LogP contribution in [0.25, 0.3) is 0 Å². The van der Waals surface area contributed by atoms with Gasteiger partial charge in [-0.25, -0.2) is 0 Å². The van der Waals surface area contributed by atoms with Crippen molar-refractivity contribution in [1.82, 2.24) is 10.2 Å². The average molecular weight is 347 g/mol. The molecule has 1 heterocycles. The van der Waals surface area contributed by atoms with Gasteiger partial charge in [0.2, 0.25) is 5.91 Å². The normalized spacial score (nSPS) is 18.2. The molecule has 0 aromatic rings. The van der Waals surface area contributed by atoms with Crippen LogP contribution >= 0.6 is 15.9 Å². The summed E-state index contributed by atoms with van der Waals surface area (Å²) in [5, 5.41) is 4.16. The Labute approximate surface area is 133 Å². The molecule has 0 aromatic carbocycles. The van der Waals surface area contributed by atoms with Gasteiger partial charge in [-0.3, -0.25) is 4.79 Å². The summed E-state index contributed by atoms with van der Waals surface area (Å²) in [7, 11) is 0. The summed E-state index contributed by atoms with van der Waals surface area (Å²) < 4.78 is 0. The molecule has 118 valence electrons. The van der Waals surface area contributed by atoms with E-state index in [0.29, 0.717) is 11.5 Å². The Bertz CT molecular complexity index is 282. The second-order valence-electron chi connectivity index (χ2n) is 6.38. The van der Waals surface area contributed by atoms with E-state index < -0.39 is 0 Å². The zero-order valence-electron chi connectivity index (χ0n) is 13.4. The predicted octanol–water partition coefficient (Wildman–Crippen LogP) is 3.57. The molecule has 4 heteroatoms. The number of halogens is 1. The van der Waals surface area contributed by atoms with E-state index in [1.807, 2.05) is 0 Å². The van der Waals surface area contributed by atoms with Crippen molar-refractivity contribution in [3.8, 4) is 0 Å². The first kappa shape index (κ1) is 18.0. The largest absolute Gasteiger partial charge is 0.354 e. The number of amides is 1. The van der Waals surface area contributed by atoms with Crippen LogP contribution in [0.15, 0.2) is 0 Å². The monoisotopic (exact) mass is 346 g/mol. The Kier molecular flexibility index (Phi) is 8.11. The van der Waals surface area contributed by atoms with Crippen molar-refractivity contribution in [2.75, 3.05) is 25.0 Å². The number of carbonyl (C=O) groups excluding carboxylic acids is 1. The van der Waals surface area contributed by atoms with Gasteiger partial charge in [-0.1, -0.05) is 42.6 Å². The molecule has 0 spiro atoms. The van der Waals surface area contributed by atoms with Crippen LogP contribution in [0.1, 0.15) is 59.3 Å². The van der Waals surface area contributed by atoms with E-state index in [-0.39, 0.29) is 5.91 Å². The van der Waals surface area contributed by atoms with Gasteiger partial charge in [0.1, 0.15) is 0 Å². The minimum Gasteiger partial charge on any atom is -0.354 e. The fraction of sp³-hybridized carbons (Fsp3) is 0.938. The molecule has 1 aliphatic heterocycles. The summed E-state index contributed by atoms with van der Waals surface area (Å²) in [4.78, 5) is 13.7. The Morgan fingerprint density at radius 3 is 2.20 bits per heavy atom. The van der Waals surface area contributed by atoms with Gasteiger partial charge in [0, 0.05) is 37.9 Å². The van der Waals surface area contributed by atoms with Crippen molar-refractivity contribution in [2.24, 2.45) is 5.41 Å². The van der Waals surface area contributed by atoms with E-state index in [2.05, 4.69) is 40.0 Å². The van der Waals surface area contributed by atoms with Crippen molar-refractivity contribution in [3.63, 3.8) is 0 Å². The smallest absolute Gasteiger partial charge is 0.217 e. The Morgan fingerprint density at radius 1 is 1.25 bits per heavy atom. The third-order valence-corrected chi connectivity index (χ3v) is 5.59. The third kappa shape index (κ3) is 5.72. The number of alkyl halides is 1. The minimum atomic E-state index is 0.107. The first-order valence-corrected chi connectivity index (χ1v) is 9.23. The second-order valence-corrected chi connectivity index (χ2v) is 6.95. The average Bonchev–Trinajstić information content (AvgIpc) is 2.41. The lowest BCUT2D eigenvalue weighted by Gasteiger charge is -2.40. The van der Waals surface area contributed by atoms with E-state index in [9.17, 15) is 4.79 Å². The lowest BCUT2D eigenvalue weighted by molar-refractivity contribution is -0.120. The molecular formula is C16H31BrN2O. The molecule has 1 saturated heterocycles. The van der Waals surface area contributed by atoms with Crippen LogP contribution in [0.2, 0.25) is 0 Å². The highest BCUT2D eigenvalue weighted by molar-refractivity contribution is 9.09. The number of rotatable bonds is 8. The summed E-state index contributed by atoms with van der Waals surface area (Å²) in [6, 6.07) is 0.388. The van der Waals surface area contributed by atoms with Crippen LogP contribution in [0.4, 0.5) is 0 Å². The van der Waals surface area contributed by atoms with E-state index in [1.165, 1.54) is 32.2 Å². The number of nitrogens with one attached hydrogen (secondary N) is 1. The molecule has 0 atom stereocenters. The summed E-state index contributed by atoms with van der Waals surface area (Å²) in [5.41, 5.74) is 0.435. The standard InChI is InChI=1S/C16H31BrN2O/c1-4-8-16(12-17,9-5-2)13-19-10-6-15(7-11-19)18-14(3)20/h15H,4-13H2,1-3H3,(H,18,20). The molecule has 3 nitrogen and oxygen atoms in total. The maximum atomic E-state index is 11.1.